The van der Waals surface area contributed by atoms with Gasteiger partial charge < -0.3 is 14.4 Å². The maximum atomic E-state index is 4.92. The first-order chi connectivity index (χ1) is 12.8. The highest BCUT2D eigenvalue weighted by molar-refractivity contribution is 5.84. The summed E-state index contributed by atoms with van der Waals surface area (Å²) in [7, 11) is 2.15. The number of imidazole rings is 1. The molecule has 27 heavy (non-hydrogen) atoms. The topological polar surface area (TPSA) is 89.0 Å². The summed E-state index contributed by atoms with van der Waals surface area (Å²) >= 11 is 0. The van der Waals surface area contributed by atoms with Crippen molar-refractivity contribution in [2.24, 2.45) is 0 Å². The van der Waals surface area contributed by atoms with Crippen LogP contribution in [-0.4, -0.2) is 68.0 Å². The number of aryl methyl sites for hydroxylation is 1. The molecule has 144 valence electrons. The van der Waals surface area contributed by atoms with Gasteiger partial charge in [0.15, 0.2) is 17.0 Å². The van der Waals surface area contributed by atoms with Gasteiger partial charge in [-0.1, -0.05) is 31.1 Å². The Bertz CT molecular complexity index is 946. The standard InChI is InChI=1S/C18H26N8O/c1-12-13(23-27-22-12)10-26-11-19-14-15(25-8-6-24(5)7-9-25)20-17(18(2,3)4)21-16(14)26/h11H,6-10H2,1-5H3. The van der Waals surface area contributed by atoms with Gasteiger partial charge in [0.1, 0.15) is 17.2 Å². The van der Waals surface area contributed by atoms with Gasteiger partial charge >= 0.3 is 0 Å². The summed E-state index contributed by atoms with van der Waals surface area (Å²) in [5, 5.41) is 7.86. The first-order valence-corrected chi connectivity index (χ1v) is 9.28. The summed E-state index contributed by atoms with van der Waals surface area (Å²) in [6.07, 6.45) is 1.81. The summed E-state index contributed by atoms with van der Waals surface area (Å²) in [4.78, 5) is 19.1. The molecule has 0 unspecified atom stereocenters. The molecule has 0 N–H and O–H groups in total. The smallest absolute Gasteiger partial charge is 0.166 e. The average molecular weight is 370 g/mol. The molecule has 0 aliphatic carbocycles. The number of rotatable bonds is 3. The fourth-order valence-electron chi connectivity index (χ4n) is 3.17. The quantitative estimate of drug-likeness (QED) is 0.687. The van der Waals surface area contributed by atoms with Crippen molar-refractivity contribution in [3.63, 3.8) is 0 Å². The molecule has 9 heteroatoms. The van der Waals surface area contributed by atoms with Gasteiger partial charge in [0.2, 0.25) is 0 Å². The lowest BCUT2D eigenvalue weighted by atomic mass is 9.95. The van der Waals surface area contributed by atoms with Crippen LogP contribution in [-0.2, 0) is 12.0 Å². The van der Waals surface area contributed by atoms with Crippen LogP contribution >= 0.6 is 0 Å². The monoisotopic (exact) mass is 370 g/mol. The van der Waals surface area contributed by atoms with Gasteiger partial charge in [-0.15, -0.1) is 0 Å². The summed E-state index contributed by atoms with van der Waals surface area (Å²) in [5.74, 6) is 1.74. The maximum absolute atomic E-state index is 4.92. The van der Waals surface area contributed by atoms with E-state index in [0.717, 1.165) is 60.4 Å². The van der Waals surface area contributed by atoms with E-state index < -0.39 is 0 Å². The van der Waals surface area contributed by atoms with E-state index in [1.165, 1.54) is 0 Å². The molecule has 3 aromatic heterocycles. The van der Waals surface area contributed by atoms with Gasteiger partial charge in [-0.05, 0) is 14.0 Å². The molecule has 1 saturated heterocycles. The normalized spacial score (nSPS) is 16.4. The fraction of sp³-hybridized carbons (Fsp3) is 0.611. The minimum absolute atomic E-state index is 0.157. The third-order valence-corrected chi connectivity index (χ3v) is 4.99. The molecule has 1 aliphatic heterocycles. The van der Waals surface area contributed by atoms with Gasteiger partial charge in [-0.3, -0.25) is 0 Å². The van der Waals surface area contributed by atoms with E-state index in [2.05, 4.69) is 52.9 Å². The Hall–Kier alpha value is -2.55. The van der Waals surface area contributed by atoms with Crippen molar-refractivity contribution in [1.29, 1.82) is 0 Å². The second-order valence-electron chi connectivity index (χ2n) is 8.25. The van der Waals surface area contributed by atoms with Crippen molar-refractivity contribution in [1.82, 2.24) is 34.7 Å². The molecule has 0 amide bonds. The molecule has 0 spiro atoms. The summed E-state index contributed by atoms with van der Waals surface area (Å²) < 4.78 is 6.83. The molecular weight excluding hydrogens is 344 g/mol. The molecule has 4 heterocycles. The zero-order valence-corrected chi connectivity index (χ0v) is 16.6. The van der Waals surface area contributed by atoms with Gasteiger partial charge in [-0.25, -0.2) is 19.6 Å². The van der Waals surface area contributed by atoms with Crippen LogP contribution in [0.5, 0.6) is 0 Å². The lowest BCUT2D eigenvalue weighted by Gasteiger charge is -2.33. The predicted octanol–water partition coefficient (Wildman–Crippen LogP) is 1.62. The Labute approximate surface area is 158 Å². The lowest BCUT2D eigenvalue weighted by molar-refractivity contribution is 0.300. The van der Waals surface area contributed by atoms with Crippen LogP contribution in [0.3, 0.4) is 0 Å². The Morgan fingerprint density at radius 2 is 1.81 bits per heavy atom. The maximum Gasteiger partial charge on any atom is 0.166 e. The number of hydrogen-bond donors (Lipinski definition) is 0. The Morgan fingerprint density at radius 1 is 1.07 bits per heavy atom. The minimum Gasteiger partial charge on any atom is -0.352 e. The Kier molecular flexibility index (Phi) is 4.33. The van der Waals surface area contributed by atoms with E-state index in [-0.39, 0.29) is 5.41 Å². The molecule has 9 nitrogen and oxygen atoms in total. The van der Waals surface area contributed by atoms with Gasteiger partial charge in [0, 0.05) is 31.6 Å². The zero-order valence-electron chi connectivity index (χ0n) is 16.6. The van der Waals surface area contributed by atoms with Crippen molar-refractivity contribution in [2.45, 2.75) is 39.7 Å². The Morgan fingerprint density at radius 3 is 2.44 bits per heavy atom. The number of fused-ring (bicyclic) bond motifs is 1. The third-order valence-electron chi connectivity index (χ3n) is 4.99. The number of likely N-dealkylation sites (N-methyl/N-ethyl adjacent to an activating group) is 1. The molecule has 1 aliphatic rings. The van der Waals surface area contributed by atoms with Gasteiger partial charge in [-0.2, -0.15) is 0 Å². The SMILES string of the molecule is Cc1nonc1Cn1cnc2c(N3CCN(C)CC3)nc(C(C)(C)C)nc21. The van der Waals surface area contributed by atoms with Gasteiger partial charge in [0.25, 0.3) is 0 Å². The van der Waals surface area contributed by atoms with Crippen molar-refractivity contribution in [2.75, 3.05) is 38.1 Å². The number of anilines is 1. The van der Waals surface area contributed by atoms with Crippen molar-refractivity contribution in [3.8, 4) is 0 Å². The van der Waals surface area contributed by atoms with E-state index >= 15 is 0 Å². The number of aromatic nitrogens is 6. The van der Waals surface area contributed by atoms with E-state index in [0.29, 0.717) is 6.54 Å². The molecule has 1 fully saturated rings. The van der Waals surface area contributed by atoms with Gasteiger partial charge in [0.05, 0.1) is 12.9 Å². The predicted molar refractivity (Wildman–Crippen MR) is 102 cm³/mol. The highest BCUT2D eigenvalue weighted by Crippen LogP contribution is 2.28. The zero-order chi connectivity index (χ0) is 19.2. The second-order valence-corrected chi connectivity index (χ2v) is 8.25. The van der Waals surface area contributed by atoms with Crippen LogP contribution in [0.4, 0.5) is 5.82 Å². The molecule has 0 bridgehead atoms. The summed E-state index contributed by atoms with van der Waals surface area (Å²) in [5.41, 5.74) is 3.07. The fourth-order valence-corrected chi connectivity index (χ4v) is 3.17. The summed E-state index contributed by atoms with van der Waals surface area (Å²) in [6.45, 7) is 12.7. The van der Waals surface area contributed by atoms with Crippen molar-refractivity contribution < 1.29 is 4.63 Å². The third kappa shape index (κ3) is 3.39. The molecule has 0 atom stereocenters. The number of hydrogen-bond acceptors (Lipinski definition) is 8. The minimum atomic E-state index is -0.157. The first-order valence-electron chi connectivity index (χ1n) is 9.28. The Balaban J connectivity index is 1.81. The highest BCUT2D eigenvalue weighted by atomic mass is 16.6. The second kappa shape index (κ2) is 6.56. The molecule has 0 radical (unpaired) electrons. The molecule has 4 rings (SSSR count). The van der Waals surface area contributed by atoms with E-state index in [1.54, 1.807) is 6.33 Å². The lowest BCUT2D eigenvalue weighted by Crippen LogP contribution is -2.45. The highest BCUT2D eigenvalue weighted by Gasteiger charge is 2.26. The average Bonchev–Trinajstić information content (AvgIpc) is 3.21. The molecule has 0 saturated carbocycles. The van der Waals surface area contributed by atoms with Crippen molar-refractivity contribution >= 4 is 17.0 Å². The van der Waals surface area contributed by atoms with Crippen LogP contribution in [0.2, 0.25) is 0 Å². The molecule has 3 aromatic rings. The van der Waals surface area contributed by atoms with Crippen LogP contribution in [0, 0.1) is 6.92 Å². The van der Waals surface area contributed by atoms with E-state index in [9.17, 15) is 0 Å². The van der Waals surface area contributed by atoms with E-state index in [4.69, 9.17) is 14.6 Å². The van der Waals surface area contributed by atoms with Crippen LogP contribution < -0.4 is 4.90 Å². The number of piperazine rings is 1. The summed E-state index contributed by atoms with van der Waals surface area (Å²) in [6, 6.07) is 0. The van der Waals surface area contributed by atoms with Crippen molar-refractivity contribution in [3.05, 3.63) is 23.5 Å². The molecular formula is C18H26N8O. The largest absolute Gasteiger partial charge is 0.352 e. The first kappa shape index (κ1) is 17.8. The van der Waals surface area contributed by atoms with Crippen LogP contribution in [0.15, 0.2) is 11.0 Å². The molecule has 0 aromatic carbocycles. The van der Waals surface area contributed by atoms with Crippen LogP contribution in [0.1, 0.15) is 38.0 Å². The number of nitrogens with zero attached hydrogens (tertiary/aromatic N) is 8. The van der Waals surface area contributed by atoms with E-state index in [1.807, 2.05) is 11.5 Å². The van der Waals surface area contributed by atoms with Crippen LogP contribution in [0.25, 0.3) is 11.2 Å².